The van der Waals surface area contributed by atoms with Crippen LogP contribution in [0.5, 0.6) is 0 Å². The third kappa shape index (κ3) is 4.53. The molecule has 2 atom stereocenters. The predicted molar refractivity (Wildman–Crippen MR) is 131 cm³/mol. The number of aryl methyl sites for hydroxylation is 2. The van der Waals surface area contributed by atoms with E-state index < -0.39 is 0 Å². The Hall–Kier alpha value is -1.68. The summed E-state index contributed by atoms with van der Waals surface area (Å²) in [7, 11) is 0. The Morgan fingerprint density at radius 2 is 2.25 bits per heavy atom. The second-order valence-corrected chi connectivity index (χ2v) is 11.4. The smallest absolute Gasteiger partial charge is 0.263 e. The fourth-order valence-electron chi connectivity index (χ4n) is 4.51. The lowest BCUT2D eigenvalue weighted by molar-refractivity contribution is -0.119. The molecule has 1 amide bonds. The number of carbonyl (C=O) groups excluding carboxylic acids is 1. The number of thioether (sulfide) groups is 1. The first-order valence-corrected chi connectivity index (χ1v) is 13.9. The average Bonchev–Trinajstić information content (AvgIpc) is 3.55. The van der Waals surface area contributed by atoms with Gasteiger partial charge in [-0.15, -0.1) is 22.7 Å². The van der Waals surface area contributed by atoms with Crippen LogP contribution in [0.4, 0.5) is 0 Å². The Morgan fingerprint density at radius 1 is 1.38 bits per heavy atom. The molecular formula is C23H27N3O3S3. The fraction of sp³-hybridized carbons (Fsp3) is 0.522. The van der Waals surface area contributed by atoms with Gasteiger partial charge in [-0.05, 0) is 62.5 Å². The molecule has 0 aromatic carbocycles. The van der Waals surface area contributed by atoms with Gasteiger partial charge in [0.25, 0.3) is 5.56 Å². The van der Waals surface area contributed by atoms with Crippen LogP contribution in [0.2, 0.25) is 0 Å². The van der Waals surface area contributed by atoms with Crippen molar-refractivity contribution in [1.82, 2.24) is 14.9 Å². The lowest BCUT2D eigenvalue weighted by Crippen LogP contribution is -2.30. The van der Waals surface area contributed by atoms with Gasteiger partial charge in [0.05, 0.1) is 29.8 Å². The Balaban J connectivity index is 1.41. The van der Waals surface area contributed by atoms with Crippen LogP contribution in [-0.4, -0.2) is 33.9 Å². The molecule has 0 bridgehead atoms. The Labute approximate surface area is 199 Å². The number of thiophene rings is 2. The van der Waals surface area contributed by atoms with Crippen molar-refractivity contribution in [2.24, 2.45) is 0 Å². The van der Waals surface area contributed by atoms with Crippen LogP contribution in [-0.2, 0) is 28.9 Å². The summed E-state index contributed by atoms with van der Waals surface area (Å²) in [5.74, 6) is 0.170. The van der Waals surface area contributed by atoms with Crippen molar-refractivity contribution in [3.05, 3.63) is 43.2 Å². The summed E-state index contributed by atoms with van der Waals surface area (Å²) in [5.41, 5.74) is 1.23. The summed E-state index contributed by atoms with van der Waals surface area (Å²) >= 11 is 4.63. The maximum atomic E-state index is 13.6. The molecule has 4 heterocycles. The summed E-state index contributed by atoms with van der Waals surface area (Å²) in [6, 6.07) is 3.98. The lowest BCUT2D eigenvalue weighted by Gasteiger charge is -2.17. The normalized spacial score (nSPS) is 19.2. The number of aromatic nitrogens is 2. The molecule has 6 nitrogen and oxygen atoms in total. The topological polar surface area (TPSA) is 73.2 Å². The van der Waals surface area contributed by atoms with E-state index in [-0.39, 0.29) is 29.4 Å². The number of fused-ring (bicyclic) bond motifs is 3. The molecular weight excluding hydrogens is 462 g/mol. The van der Waals surface area contributed by atoms with Crippen molar-refractivity contribution in [1.29, 1.82) is 0 Å². The molecule has 1 aliphatic carbocycles. The van der Waals surface area contributed by atoms with Gasteiger partial charge in [0.2, 0.25) is 5.91 Å². The maximum absolute atomic E-state index is 13.6. The molecule has 1 aliphatic heterocycles. The first-order chi connectivity index (χ1) is 15.6. The molecule has 3 aromatic heterocycles. The zero-order valence-electron chi connectivity index (χ0n) is 18.1. The fourth-order valence-corrected chi connectivity index (χ4v) is 7.36. The zero-order valence-corrected chi connectivity index (χ0v) is 20.5. The molecule has 0 saturated carbocycles. The van der Waals surface area contributed by atoms with Crippen LogP contribution < -0.4 is 10.9 Å². The van der Waals surface area contributed by atoms with Crippen molar-refractivity contribution >= 4 is 50.6 Å². The molecule has 1 N–H and O–H groups in total. The number of ether oxygens (including phenoxy) is 1. The van der Waals surface area contributed by atoms with E-state index in [1.165, 1.54) is 28.6 Å². The summed E-state index contributed by atoms with van der Waals surface area (Å²) in [4.78, 5) is 34.4. The van der Waals surface area contributed by atoms with Crippen molar-refractivity contribution < 1.29 is 9.53 Å². The molecule has 5 rings (SSSR count). The highest BCUT2D eigenvalue weighted by atomic mass is 32.2. The SMILES string of the molecule is CC(NC(=O)CSc1nc2sc3c(c2c(=O)n1CC1CCCO1)CCCC3)c1cccs1. The van der Waals surface area contributed by atoms with Crippen LogP contribution in [0.25, 0.3) is 10.2 Å². The van der Waals surface area contributed by atoms with Crippen molar-refractivity contribution in [2.45, 2.75) is 69.3 Å². The second-order valence-electron chi connectivity index (χ2n) is 8.43. The number of rotatable bonds is 7. The Bertz CT molecular complexity index is 1160. The molecule has 1 saturated heterocycles. The quantitative estimate of drug-likeness (QED) is 0.389. The van der Waals surface area contributed by atoms with E-state index in [0.29, 0.717) is 11.7 Å². The third-order valence-corrected chi connectivity index (χ3v) is 9.35. The highest BCUT2D eigenvalue weighted by molar-refractivity contribution is 7.99. The maximum Gasteiger partial charge on any atom is 0.263 e. The molecule has 2 aliphatic rings. The van der Waals surface area contributed by atoms with Crippen molar-refractivity contribution in [3.8, 4) is 0 Å². The first-order valence-electron chi connectivity index (χ1n) is 11.2. The Kier molecular flexibility index (Phi) is 6.69. The number of nitrogens with zero attached hydrogens (tertiary/aromatic N) is 2. The largest absolute Gasteiger partial charge is 0.376 e. The average molecular weight is 490 g/mol. The van der Waals surface area contributed by atoms with Gasteiger partial charge in [-0.25, -0.2) is 4.98 Å². The summed E-state index contributed by atoms with van der Waals surface area (Å²) in [6.07, 6.45) is 6.31. The van der Waals surface area contributed by atoms with E-state index in [1.807, 2.05) is 24.4 Å². The van der Waals surface area contributed by atoms with E-state index in [0.717, 1.165) is 53.8 Å². The van der Waals surface area contributed by atoms with Crippen LogP contribution in [0.15, 0.2) is 27.5 Å². The van der Waals surface area contributed by atoms with Gasteiger partial charge in [0.15, 0.2) is 5.16 Å². The van der Waals surface area contributed by atoms with Gasteiger partial charge < -0.3 is 10.1 Å². The molecule has 0 radical (unpaired) electrons. The minimum absolute atomic E-state index is 0.0276. The summed E-state index contributed by atoms with van der Waals surface area (Å²) in [5, 5.41) is 6.48. The minimum atomic E-state index is -0.0561. The lowest BCUT2D eigenvalue weighted by atomic mass is 9.97. The van der Waals surface area contributed by atoms with E-state index >= 15 is 0 Å². The molecule has 32 heavy (non-hydrogen) atoms. The Morgan fingerprint density at radius 3 is 3.03 bits per heavy atom. The van der Waals surface area contributed by atoms with Crippen LogP contribution >= 0.6 is 34.4 Å². The van der Waals surface area contributed by atoms with E-state index in [4.69, 9.17) is 9.72 Å². The summed E-state index contributed by atoms with van der Waals surface area (Å²) in [6.45, 7) is 3.23. The first kappa shape index (κ1) is 22.1. The van der Waals surface area contributed by atoms with Gasteiger partial charge in [-0.3, -0.25) is 14.2 Å². The van der Waals surface area contributed by atoms with Gasteiger partial charge in [-0.2, -0.15) is 0 Å². The number of hydrogen-bond acceptors (Lipinski definition) is 7. The van der Waals surface area contributed by atoms with Gasteiger partial charge >= 0.3 is 0 Å². The van der Waals surface area contributed by atoms with E-state index in [9.17, 15) is 9.59 Å². The van der Waals surface area contributed by atoms with Crippen LogP contribution in [0, 0.1) is 0 Å². The molecule has 2 unspecified atom stereocenters. The number of nitrogens with one attached hydrogen (secondary N) is 1. The van der Waals surface area contributed by atoms with Crippen molar-refractivity contribution in [3.63, 3.8) is 0 Å². The van der Waals surface area contributed by atoms with E-state index in [2.05, 4.69) is 5.32 Å². The standard InChI is InChI=1S/C23H27N3O3S3/c1-14(17-9-5-11-30-17)24-19(27)13-31-23-25-21-20(16-7-2-3-8-18(16)32-21)22(28)26(23)12-15-6-4-10-29-15/h5,9,11,14-15H,2-4,6-8,10,12-13H2,1H3,(H,24,27). The van der Waals surface area contributed by atoms with Gasteiger partial charge in [-0.1, -0.05) is 17.8 Å². The van der Waals surface area contributed by atoms with Gasteiger partial charge in [0, 0.05) is 16.4 Å². The number of hydrogen-bond donors (Lipinski definition) is 1. The van der Waals surface area contributed by atoms with Crippen LogP contribution in [0.1, 0.15) is 54.0 Å². The van der Waals surface area contributed by atoms with E-state index in [1.54, 1.807) is 27.2 Å². The summed E-state index contributed by atoms with van der Waals surface area (Å²) < 4.78 is 7.58. The predicted octanol–water partition coefficient (Wildman–Crippen LogP) is 4.55. The van der Waals surface area contributed by atoms with Gasteiger partial charge in [0.1, 0.15) is 4.83 Å². The molecule has 9 heteroatoms. The molecule has 3 aromatic rings. The monoisotopic (exact) mass is 489 g/mol. The number of amides is 1. The number of carbonyl (C=O) groups is 1. The van der Waals surface area contributed by atoms with Crippen LogP contribution in [0.3, 0.4) is 0 Å². The second kappa shape index (κ2) is 9.67. The zero-order chi connectivity index (χ0) is 22.1. The highest BCUT2D eigenvalue weighted by Gasteiger charge is 2.25. The highest BCUT2D eigenvalue weighted by Crippen LogP contribution is 2.35. The van der Waals surface area contributed by atoms with Crippen molar-refractivity contribution in [2.75, 3.05) is 12.4 Å². The molecule has 170 valence electrons. The molecule has 0 spiro atoms. The molecule has 1 fully saturated rings. The third-order valence-electron chi connectivity index (χ3n) is 6.13. The minimum Gasteiger partial charge on any atom is -0.376 e.